The molecule has 0 spiro atoms. The van der Waals surface area contributed by atoms with Crippen LogP contribution in [0.1, 0.15) is 51.9 Å². The second-order valence-corrected chi connectivity index (χ2v) is 6.03. The Labute approximate surface area is 156 Å². The minimum absolute atomic E-state index is 0.0624. The van der Waals surface area contributed by atoms with Gasteiger partial charge in [-0.25, -0.2) is 8.78 Å². The maximum Gasteiger partial charge on any atom is 0.381 e. The van der Waals surface area contributed by atoms with E-state index in [1.54, 1.807) is 0 Å². The average Bonchev–Trinajstić information content (AvgIpc) is 2.58. The van der Waals surface area contributed by atoms with Gasteiger partial charge in [-0.1, -0.05) is 39.0 Å². The molecule has 28 heavy (non-hydrogen) atoms. The first kappa shape index (κ1) is 26.4. The fourth-order valence-electron chi connectivity index (χ4n) is 1.93. The van der Waals surface area contributed by atoms with Crippen LogP contribution in [0.4, 0.5) is 35.1 Å². The van der Waals surface area contributed by atoms with Gasteiger partial charge in [0.2, 0.25) is 0 Å². The van der Waals surface area contributed by atoms with Crippen LogP contribution in [0, 0.1) is 0 Å². The molecule has 0 bridgehead atoms. The van der Waals surface area contributed by atoms with Gasteiger partial charge in [-0.05, 0) is 6.42 Å². The molecule has 0 aliphatic heterocycles. The van der Waals surface area contributed by atoms with Crippen LogP contribution in [0.3, 0.4) is 0 Å². The predicted molar refractivity (Wildman–Crippen MR) is 80.8 cm³/mol. The van der Waals surface area contributed by atoms with E-state index in [0.29, 0.717) is 6.42 Å². The van der Waals surface area contributed by atoms with Gasteiger partial charge >= 0.3 is 36.1 Å². The third-order valence-corrected chi connectivity index (χ3v) is 3.62. The molecular formula is C16H22F8O4. The highest BCUT2D eigenvalue weighted by Crippen LogP contribution is 2.48. The zero-order valence-corrected chi connectivity index (χ0v) is 15.1. The summed E-state index contributed by atoms with van der Waals surface area (Å²) in [5, 5.41) is 0. The molecule has 0 N–H and O–H groups in total. The van der Waals surface area contributed by atoms with Crippen LogP contribution in [-0.2, 0) is 19.1 Å². The fourth-order valence-corrected chi connectivity index (χ4v) is 1.93. The van der Waals surface area contributed by atoms with E-state index in [1.165, 1.54) is 0 Å². The third kappa shape index (κ3) is 7.78. The Morgan fingerprint density at radius 1 is 0.821 bits per heavy atom. The number of alkyl halides is 8. The average molecular weight is 430 g/mol. The summed E-state index contributed by atoms with van der Waals surface area (Å²) in [7, 11) is 0. The largest absolute Gasteiger partial charge is 0.465 e. The standard InChI is InChI=1S/C16H22F8O4/c1-2-3-4-5-6-7-8-27-11(25)9-12(26)28-10-14(19,20)16(23,24)15(21,22)13(17)18/h13H,2-10H2,1H3. The second-order valence-electron chi connectivity index (χ2n) is 6.03. The summed E-state index contributed by atoms with van der Waals surface area (Å²) in [6.07, 6.45) is -1.06. The van der Waals surface area contributed by atoms with Gasteiger partial charge in [0.1, 0.15) is 6.42 Å². The highest BCUT2D eigenvalue weighted by atomic mass is 19.4. The number of unbranched alkanes of at least 4 members (excludes halogenated alkanes) is 5. The number of esters is 2. The summed E-state index contributed by atoms with van der Waals surface area (Å²) in [4.78, 5) is 22.5. The van der Waals surface area contributed by atoms with Gasteiger partial charge in [0, 0.05) is 0 Å². The summed E-state index contributed by atoms with van der Waals surface area (Å²) in [5.74, 6) is -21.5. The van der Waals surface area contributed by atoms with Crippen molar-refractivity contribution in [2.75, 3.05) is 13.2 Å². The molecule has 0 aromatic carbocycles. The van der Waals surface area contributed by atoms with Gasteiger partial charge in [0.25, 0.3) is 0 Å². The van der Waals surface area contributed by atoms with Crippen molar-refractivity contribution in [3.8, 4) is 0 Å². The number of carbonyl (C=O) groups is 2. The van der Waals surface area contributed by atoms with E-state index in [0.717, 1.165) is 32.1 Å². The van der Waals surface area contributed by atoms with Gasteiger partial charge in [-0.2, -0.15) is 26.3 Å². The minimum Gasteiger partial charge on any atom is -0.465 e. The summed E-state index contributed by atoms with van der Waals surface area (Å²) in [6, 6.07) is 0. The van der Waals surface area contributed by atoms with E-state index in [2.05, 4.69) is 9.47 Å². The fraction of sp³-hybridized carbons (Fsp3) is 0.875. The molecule has 0 rings (SSSR count). The summed E-state index contributed by atoms with van der Waals surface area (Å²) in [6.45, 7) is -0.638. The van der Waals surface area contributed by atoms with Gasteiger partial charge < -0.3 is 9.47 Å². The van der Waals surface area contributed by atoms with Gasteiger partial charge in [-0.15, -0.1) is 0 Å². The Hall–Kier alpha value is -1.62. The zero-order valence-electron chi connectivity index (χ0n) is 15.1. The predicted octanol–water partition coefficient (Wildman–Crippen LogP) is 4.99. The van der Waals surface area contributed by atoms with Gasteiger partial charge in [-0.3, -0.25) is 9.59 Å². The molecule has 0 atom stereocenters. The molecule has 0 aromatic heterocycles. The molecule has 0 aromatic rings. The van der Waals surface area contributed by atoms with Gasteiger partial charge in [0.15, 0.2) is 6.61 Å². The van der Waals surface area contributed by atoms with E-state index in [9.17, 15) is 44.7 Å². The zero-order chi connectivity index (χ0) is 22.0. The first-order chi connectivity index (χ1) is 12.8. The highest BCUT2D eigenvalue weighted by molar-refractivity contribution is 5.91. The topological polar surface area (TPSA) is 52.6 Å². The van der Waals surface area contributed by atoms with E-state index in [4.69, 9.17) is 0 Å². The van der Waals surface area contributed by atoms with Crippen molar-refractivity contribution in [2.45, 2.75) is 76.1 Å². The molecule has 0 aliphatic carbocycles. The molecule has 12 heteroatoms. The van der Waals surface area contributed by atoms with Crippen LogP contribution in [-0.4, -0.2) is 49.3 Å². The Balaban J connectivity index is 4.33. The summed E-state index contributed by atoms with van der Waals surface area (Å²) >= 11 is 0. The van der Waals surface area contributed by atoms with Crippen molar-refractivity contribution in [3.05, 3.63) is 0 Å². The van der Waals surface area contributed by atoms with Crippen LogP contribution in [0.5, 0.6) is 0 Å². The molecule has 0 amide bonds. The van der Waals surface area contributed by atoms with Crippen molar-refractivity contribution in [1.82, 2.24) is 0 Å². The normalized spacial score (nSPS) is 12.9. The Kier molecular flexibility index (Phi) is 10.7. The molecular weight excluding hydrogens is 408 g/mol. The van der Waals surface area contributed by atoms with E-state index in [1.807, 2.05) is 6.92 Å². The number of hydrogen-bond donors (Lipinski definition) is 0. The smallest absolute Gasteiger partial charge is 0.381 e. The number of carbonyl (C=O) groups excluding carboxylic acids is 2. The summed E-state index contributed by atoms with van der Waals surface area (Å²) < 4.78 is 110. The SMILES string of the molecule is CCCCCCCCOC(=O)CC(=O)OCC(F)(F)C(F)(F)C(F)(F)C(F)F. The lowest BCUT2D eigenvalue weighted by Crippen LogP contribution is -2.59. The molecule has 0 saturated carbocycles. The first-order valence-corrected chi connectivity index (χ1v) is 8.52. The van der Waals surface area contributed by atoms with E-state index >= 15 is 0 Å². The monoisotopic (exact) mass is 430 g/mol. The maximum atomic E-state index is 13.2. The Morgan fingerprint density at radius 3 is 1.86 bits per heavy atom. The van der Waals surface area contributed by atoms with Crippen molar-refractivity contribution >= 4 is 11.9 Å². The molecule has 0 saturated heterocycles. The highest BCUT2D eigenvalue weighted by Gasteiger charge is 2.75. The third-order valence-electron chi connectivity index (χ3n) is 3.62. The van der Waals surface area contributed by atoms with Crippen LogP contribution >= 0.6 is 0 Å². The molecule has 0 unspecified atom stereocenters. The molecule has 0 radical (unpaired) electrons. The van der Waals surface area contributed by atoms with Crippen LogP contribution < -0.4 is 0 Å². The molecule has 0 aliphatic rings. The maximum absolute atomic E-state index is 13.2. The van der Waals surface area contributed by atoms with Gasteiger partial charge in [0.05, 0.1) is 6.61 Å². The number of hydrogen-bond acceptors (Lipinski definition) is 4. The second kappa shape index (κ2) is 11.4. The van der Waals surface area contributed by atoms with E-state index < -0.39 is 49.2 Å². The number of ether oxygens (including phenoxy) is 2. The lowest BCUT2D eigenvalue weighted by Gasteiger charge is -2.31. The Morgan fingerprint density at radius 2 is 1.32 bits per heavy atom. The summed E-state index contributed by atoms with van der Waals surface area (Å²) in [5.41, 5.74) is 0. The Bertz CT molecular complexity index is 497. The van der Waals surface area contributed by atoms with Crippen LogP contribution in [0.2, 0.25) is 0 Å². The number of halogens is 8. The number of rotatable bonds is 14. The minimum atomic E-state index is -6.48. The van der Waals surface area contributed by atoms with Crippen LogP contribution in [0.25, 0.3) is 0 Å². The molecule has 166 valence electrons. The first-order valence-electron chi connectivity index (χ1n) is 8.52. The van der Waals surface area contributed by atoms with Crippen molar-refractivity contribution < 1.29 is 54.2 Å². The lowest BCUT2D eigenvalue weighted by molar-refractivity contribution is -0.344. The molecule has 0 heterocycles. The quantitative estimate of drug-likeness (QED) is 0.169. The van der Waals surface area contributed by atoms with E-state index in [-0.39, 0.29) is 6.61 Å². The van der Waals surface area contributed by atoms with Crippen molar-refractivity contribution in [2.24, 2.45) is 0 Å². The van der Waals surface area contributed by atoms with Crippen LogP contribution in [0.15, 0.2) is 0 Å². The lowest BCUT2D eigenvalue weighted by atomic mass is 10.1. The van der Waals surface area contributed by atoms with Crippen molar-refractivity contribution in [1.29, 1.82) is 0 Å². The molecule has 4 nitrogen and oxygen atoms in total. The van der Waals surface area contributed by atoms with Crippen molar-refractivity contribution in [3.63, 3.8) is 0 Å². The molecule has 0 fully saturated rings.